The topological polar surface area (TPSA) is 77.2 Å². The van der Waals surface area contributed by atoms with Gasteiger partial charge in [-0.3, -0.25) is 0 Å². The van der Waals surface area contributed by atoms with E-state index in [1.165, 1.54) is 11.8 Å². The number of aromatic carboxylic acids is 1. The van der Waals surface area contributed by atoms with Gasteiger partial charge < -0.3 is 9.84 Å². The van der Waals surface area contributed by atoms with Crippen molar-refractivity contribution in [3.63, 3.8) is 0 Å². The van der Waals surface area contributed by atoms with Crippen molar-refractivity contribution in [3.05, 3.63) is 45.7 Å². The second-order valence-corrected chi connectivity index (χ2v) is 4.78. The maximum Gasteiger partial charge on any atom is 0.358 e. The Kier molecular flexibility index (Phi) is 4.36. The highest BCUT2D eigenvalue weighted by Gasteiger charge is 2.19. The highest BCUT2D eigenvalue weighted by atomic mass is 35.5. The Morgan fingerprint density at radius 2 is 2.25 bits per heavy atom. The van der Waals surface area contributed by atoms with E-state index in [1.54, 1.807) is 0 Å². The van der Waals surface area contributed by atoms with Crippen molar-refractivity contribution in [1.82, 2.24) is 15.0 Å². The lowest BCUT2D eigenvalue weighted by Gasteiger charge is -2.08. The number of nitrogens with zero attached hydrogens (tertiary/aromatic N) is 3. The van der Waals surface area contributed by atoms with Gasteiger partial charge in [0.2, 0.25) is 0 Å². The number of methoxy groups -OCH3 is 1. The minimum absolute atomic E-state index is 0.102. The summed E-state index contributed by atoms with van der Waals surface area (Å²) in [6, 6.07) is 5.67. The number of carboxylic acid groups (broad SMARTS) is 1. The van der Waals surface area contributed by atoms with Crippen molar-refractivity contribution in [2.75, 3.05) is 7.11 Å². The fourth-order valence-corrected chi connectivity index (χ4v) is 2.14. The van der Waals surface area contributed by atoms with Crippen molar-refractivity contribution in [1.29, 1.82) is 0 Å². The van der Waals surface area contributed by atoms with Crippen molar-refractivity contribution in [2.45, 2.75) is 20.1 Å². The third kappa shape index (κ3) is 2.97. The molecular formula is C13H14ClN3O3. The fraction of sp³-hybridized carbons (Fsp3) is 0.308. The molecule has 20 heavy (non-hydrogen) atoms. The summed E-state index contributed by atoms with van der Waals surface area (Å²) in [4.78, 5) is 11.1. The van der Waals surface area contributed by atoms with Gasteiger partial charge in [0.25, 0.3) is 0 Å². The van der Waals surface area contributed by atoms with Crippen LogP contribution in [0.15, 0.2) is 18.2 Å². The van der Waals surface area contributed by atoms with E-state index >= 15 is 0 Å². The van der Waals surface area contributed by atoms with Crippen LogP contribution in [0.2, 0.25) is 5.02 Å². The number of hydrogen-bond donors (Lipinski definition) is 1. The molecule has 0 aliphatic rings. The van der Waals surface area contributed by atoms with Crippen LogP contribution in [0.3, 0.4) is 0 Å². The van der Waals surface area contributed by atoms with Crippen LogP contribution in [0.5, 0.6) is 0 Å². The van der Waals surface area contributed by atoms with Gasteiger partial charge >= 0.3 is 5.97 Å². The molecule has 0 amide bonds. The first-order valence-corrected chi connectivity index (χ1v) is 6.30. The van der Waals surface area contributed by atoms with E-state index in [0.717, 1.165) is 11.1 Å². The largest absolute Gasteiger partial charge is 0.476 e. The summed E-state index contributed by atoms with van der Waals surface area (Å²) in [7, 11) is 1.49. The molecule has 0 radical (unpaired) electrons. The lowest BCUT2D eigenvalue weighted by molar-refractivity contribution is 0.0684. The molecule has 0 saturated heterocycles. The number of aromatic nitrogens is 3. The maximum absolute atomic E-state index is 11.1. The predicted octanol–water partition coefficient (Wildman–Crippen LogP) is 2.13. The number of benzene rings is 1. The Hall–Kier alpha value is -1.92. The van der Waals surface area contributed by atoms with Gasteiger partial charge in [0.05, 0.1) is 18.8 Å². The minimum Gasteiger partial charge on any atom is -0.476 e. The summed E-state index contributed by atoms with van der Waals surface area (Å²) in [5, 5.41) is 17.2. The second-order valence-electron chi connectivity index (χ2n) is 4.38. The molecule has 0 spiro atoms. The van der Waals surface area contributed by atoms with Crippen LogP contribution in [0.4, 0.5) is 0 Å². The fourth-order valence-electron chi connectivity index (χ4n) is 1.85. The quantitative estimate of drug-likeness (QED) is 0.914. The number of hydrogen-bond acceptors (Lipinski definition) is 4. The number of ether oxygens (including phenoxy) is 1. The lowest BCUT2D eigenvalue weighted by Crippen LogP contribution is -2.10. The van der Waals surface area contributed by atoms with Gasteiger partial charge in [-0.1, -0.05) is 28.9 Å². The van der Waals surface area contributed by atoms with Crippen LogP contribution in [0.1, 0.15) is 27.3 Å². The molecule has 0 fully saturated rings. The molecule has 0 atom stereocenters. The van der Waals surface area contributed by atoms with Crippen LogP contribution < -0.4 is 0 Å². The molecule has 0 aliphatic heterocycles. The van der Waals surface area contributed by atoms with Gasteiger partial charge in [-0.25, -0.2) is 9.48 Å². The molecule has 2 aromatic rings. The van der Waals surface area contributed by atoms with E-state index in [2.05, 4.69) is 10.3 Å². The smallest absolute Gasteiger partial charge is 0.358 e. The molecule has 7 heteroatoms. The number of aryl methyl sites for hydroxylation is 1. The zero-order valence-electron chi connectivity index (χ0n) is 11.1. The number of carbonyl (C=O) groups is 1. The van der Waals surface area contributed by atoms with E-state index in [9.17, 15) is 4.79 Å². The Morgan fingerprint density at radius 1 is 1.50 bits per heavy atom. The molecule has 1 aromatic carbocycles. The van der Waals surface area contributed by atoms with Crippen molar-refractivity contribution < 1.29 is 14.6 Å². The Bertz CT molecular complexity index is 640. The first-order chi connectivity index (χ1) is 9.52. The molecular weight excluding hydrogens is 282 g/mol. The van der Waals surface area contributed by atoms with Crippen LogP contribution in [-0.2, 0) is 17.9 Å². The molecule has 0 aliphatic carbocycles. The molecule has 2 rings (SSSR count). The third-order valence-corrected chi connectivity index (χ3v) is 3.20. The monoisotopic (exact) mass is 295 g/mol. The minimum atomic E-state index is -1.13. The Labute approximate surface area is 120 Å². The summed E-state index contributed by atoms with van der Waals surface area (Å²) in [5.41, 5.74) is 2.21. The zero-order valence-corrected chi connectivity index (χ0v) is 11.9. The first kappa shape index (κ1) is 14.5. The van der Waals surface area contributed by atoms with Gasteiger partial charge in [0, 0.05) is 12.1 Å². The number of rotatable bonds is 5. The highest BCUT2D eigenvalue weighted by molar-refractivity contribution is 6.31. The van der Waals surface area contributed by atoms with Gasteiger partial charge in [-0.05, 0) is 24.1 Å². The molecule has 0 bridgehead atoms. The SMILES string of the molecule is COCc1c(C(=O)O)nnn1Cc1ccc(C)cc1Cl. The van der Waals surface area contributed by atoms with Gasteiger partial charge in [-0.15, -0.1) is 5.10 Å². The van der Waals surface area contributed by atoms with Crippen LogP contribution >= 0.6 is 11.6 Å². The van der Waals surface area contributed by atoms with Crippen molar-refractivity contribution in [2.24, 2.45) is 0 Å². The average molecular weight is 296 g/mol. The molecule has 1 aromatic heterocycles. The average Bonchev–Trinajstić information content (AvgIpc) is 2.77. The summed E-state index contributed by atoms with van der Waals surface area (Å²) >= 11 is 6.17. The molecule has 1 N–H and O–H groups in total. The summed E-state index contributed by atoms with van der Waals surface area (Å²) in [6.07, 6.45) is 0. The van der Waals surface area contributed by atoms with Gasteiger partial charge in [0.1, 0.15) is 0 Å². The number of halogens is 1. The Balaban J connectivity index is 2.35. The third-order valence-electron chi connectivity index (χ3n) is 2.85. The standard InChI is InChI=1S/C13H14ClN3O3/c1-8-3-4-9(10(14)5-8)6-17-11(7-20-2)12(13(18)19)15-16-17/h3-5H,6-7H2,1-2H3,(H,18,19). The maximum atomic E-state index is 11.1. The highest BCUT2D eigenvalue weighted by Crippen LogP contribution is 2.19. The van der Waals surface area contributed by atoms with Crippen LogP contribution in [0, 0.1) is 6.92 Å². The molecule has 0 unspecified atom stereocenters. The zero-order chi connectivity index (χ0) is 14.7. The lowest BCUT2D eigenvalue weighted by atomic mass is 10.1. The van der Waals surface area contributed by atoms with E-state index in [0.29, 0.717) is 17.3 Å². The Morgan fingerprint density at radius 3 is 2.85 bits per heavy atom. The summed E-state index contributed by atoms with van der Waals surface area (Å²) in [5.74, 6) is -1.13. The first-order valence-electron chi connectivity index (χ1n) is 5.92. The molecule has 0 saturated carbocycles. The van der Waals surface area contributed by atoms with Crippen LogP contribution in [-0.4, -0.2) is 33.2 Å². The molecule has 6 nitrogen and oxygen atoms in total. The van der Waals surface area contributed by atoms with Crippen molar-refractivity contribution >= 4 is 17.6 Å². The van der Waals surface area contributed by atoms with E-state index in [4.69, 9.17) is 21.4 Å². The summed E-state index contributed by atoms with van der Waals surface area (Å²) in [6.45, 7) is 2.42. The molecule has 1 heterocycles. The van der Waals surface area contributed by atoms with E-state index in [-0.39, 0.29) is 12.3 Å². The number of carboxylic acids is 1. The second kappa shape index (κ2) is 6.02. The predicted molar refractivity (Wildman–Crippen MR) is 73.0 cm³/mol. The van der Waals surface area contributed by atoms with E-state index < -0.39 is 5.97 Å². The normalized spacial score (nSPS) is 10.8. The summed E-state index contributed by atoms with van der Waals surface area (Å²) < 4.78 is 6.50. The van der Waals surface area contributed by atoms with Gasteiger partial charge in [0.15, 0.2) is 5.69 Å². The van der Waals surface area contributed by atoms with E-state index in [1.807, 2.05) is 25.1 Å². The molecule has 106 valence electrons. The van der Waals surface area contributed by atoms with Crippen LogP contribution in [0.25, 0.3) is 0 Å². The van der Waals surface area contributed by atoms with Crippen molar-refractivity contribution in [3.8, 4) is 0 Å². The van der Waals surface area contributed by atoms with Gasteiger partial charge in [-0.2, -0.15) is 0 Å².